The first-order chi connectivity index (χ1) is 14.3. The van der Waals surface area contributed by atoms with Crippen molar-refractivity contribution >= 4 is 0 Å². The number of hydrogen-bond donors (Lipinski definition) is 0. The first-order valence-corrected chi connectivity index (χ1v) is 13.9. The van der Waals surface area contributed by atoms with Crippen molar-refractivity contribution in [3.63, 3.8) is 0 Å². The standard InChI is InChI=1S/C28H52O/c1-3-5-7-10-24-11-13-25(14-12-24)15-16-26-17-19-27(20-18-26)28(29-23-4-2)21-8-6-9-22-28/h24-27H,3-23H2,1-2H3/t24-,25-,26-,27-. The van der Waals surface area contributed by atoms with E-state index < -0.39 is 0 Å². The fraction of sp³-hybridized carbons (Fsp3) is 1.00. The molecular weight excluding hydrogens is 352 g/mol. The zero-order valence-electron chi connectivity index (χ0n) is 20.1. The molecule has 3 fully saturated rings. The Morgan fingerprint density at radius 3 is 1.72 bits per heavy atom. The molecule has 0 unspecified atom stereocenters. The van der Waals surface area contributed by atoms with Gasteiger partial charge in [0.25, 0.3) is 0 Å². The van der Waals surface area contributed by atoms with Crippen LogP contribution in [0.3, 0.4) is 0 Å². The molecule has 1 heteroatoms. The van der Waals surface area contributed by atoms with Gasteiger partial charge >= 0.3 is 0 Å². The summed E-state index contributed by atoms with van der Waals surface area (Å²) in [5.41, 5.74) is 0.273. The predicted molar refractivity (Wildman–Crippen MR) is 126 cm³/mol. The average Bonchev–Trinajstić information content (AvgIpc) is 2.78. The summed E-state index contributed by atoms with van der Waals surface area (Å²) < 4.78 is 6.59. The maximum absolute atomic E-state index is 6.59. The van der Waals surface area contributed by atoms with E-state index in [1.165, 1.54) is 103 Å². The molecule has 3 rings (SSSR count). The minimum Gasteiger partial charge on any atom is -0.375 e. The number of unbranched alkanes of at least 4 members (excludes halogenated alkanes) is 2. The third-order valence-electron chi connectivity index (χ3n) is 9.05. The molecule has 3 aliphatic rings. The van der Waals surface area contributed by atoms with Crippen LogP contribution in [0.1, 0.15) is 142 Å². The van der Waals surface area contributed by atoms with Gasteiger partial charge in [0, 0.05) is 6.61 Å². The molecular formula is C28H52O. The Kier molecular flexibility index (Phi) is 10.4. The molecule has 3 aliphatic carbocycles. The second-order valence-corrected chi connectivity index (χ2v) is 11.2. The third-order valence-corrected chi connectivity index (χ3v) is 9.05. The summed E-state index contributed by atoms with van der Waals surface area (Å²) in [6.07, 6.45) is 29.1. The molecule has 3 saturated carbocycles. The van der Waals surface area contributed by atoms with E-state index in [1.54, 1.807) is 25.7 Å². The maximum atomic E-state index is 6.59. The van der Waals surface area contributed by atoms with Crippen molar-refractivity contribution in [3.8, 4) is 0 Å². The van der Waals surface area contributed by atoms with Gasteiger partial charge in [-0.15, -0.1) is 0 Å². The number of hydrogen-bond acceptors (Lipinski definition) is 1. The van der Waals surface area contributed by atoms with Gasteiger partial charge in [0.15, 0.2) is 0 Å². The van der Waals surface area contributed by atoms with Crippen LogP contribution < -0.4 is 0 Å². The van der Waals surface area contributed by atoms with E-state index in [9.17, 15) is 0 Å². The minimum atomic E-state index is 0.273. The normalized spacial score (nSPS) is 32.9. The lowest BCUT2D eigenvalue weighted by atomic mass is 9.67. The summed E-state index contributed by atoms with van der Waals surface area (Å²) in [7, 11) is 0. The molecule has 170 valence electrons. The van der Waals surface area contributed by atoms with Crippen molar-refractivity contribution in [1.29, 1.82) is 0 Å². The van der Waals surface area contributed by atoms with E-state index in [0.29, 0.717) is 0 Å². The summed E-state index contributed by atoms with van der Waals surface area (Å²) in [6, 6.07) is 0. The first kappa shape index (κ1) is 23.6. The molecule has 0 radical (unpaired) electrons. The van der Waals surface area contributed by atoms with Gasteiger partial charge in [-0.1, -0.05) is 110 Å². The van der Waals surface area contributed by atoms with Crippen LogP contribution in [0, 0.1) is 23.7 Å². The number of rotatable bonds is 11. The zero-order chi connectivity index (χ0) is 20.4. The Morgan fingerprint density at radius 1 is 0.621 bits per heavy atom. The Bertz CT molecular complexity index is 408. The van der Waals surface area contributed by atoms with Crippen molar-refractivity contribution < 1.29 is 4.74 Å². The van der Waals surface area contributed by atoms with Gasteiger partial charge in [0.1, 0.15) is 0 Å². The summed E-state index contributed by atoms with van der Waals surface area (Å²) in [6.45, 7) is 5.59. The van der Waals surface area contributed by atoms with E-state index in [1.807, 2.05) is 0 Å². The molecule has 0 aromatic rings. The van der Waals surface area contributed by atoms with Crippen molar-refractivity contribution in [2.45, 2.75) is 148 Å². The Labute approximate surface area is 183 Å². The highest BCUT2D eigenvalue weighted by atomic mass is 16.5. The molecule has 0 aromatic carbocycles. The maximum Gasteiger partial charge on any atom is 0.0710 e. The van der Waals surface area contributed by atoms with E-state index in [-0.39, 0.29) is 5.60 Å². The van der Waals surface area contributed by atoms with E-state index >= 15 is 0 Å². The highest BCUT2D eigenvalue weighted by Crippen LogP contribution is 2.46. The Hall–Kier alpha value is -0.0400. The van der Waals surface area contributed by atoms with Gasteiger partial charge < -0.3 is 4.74 Å². The molecule has 1 nitrogen and oxygen atoms in total. The second kappa shape index (κ2) is 12.7. The van der Waals surface area contributed by atoms with Crippen LogP contribution in [0.25, 0.3) is 0 Å². The van der Waals surface area contributed by atoms with Crippen LogP contribution in [0.15, 0.2) is 0 Å². The van der Waals surface area contributed by atoms with Crippen LogP contribution in [0.4, 0.5) is 0 Å². The van der Waals surface area contributed by atoms with Crippen LogP contribution in [0.2, 0.25) is 0 Å². The molecule has 0 aromatic heterocycles. The summed E-state index contributed by atoms with van der Waals surface area (Å²) in [5.74, 6) is 4.03. The van der Waals surface area contributed by atoms with Gasteiger partial charge in [-0.3, -0.25) is 0 Å². The lowest BCUT2D eigenvalue weighted by Gasteiger charge is -2.46. The van der Waals surface area contributed by atoms with Crippen LogP contribution in [-0.2, 0) is 4.74 Å². The molecule has 0 N–H and O–H groups in total. The molecule has 0 amide bonds. The molecule has 29 heavy (non-hydrogen) atoms. The topological polar surface area (TPSA) is 9.23 Å². The number of ether oxygens (including phenoxy) is 1. The lowest BCUT2D eigenvalue weighted by molar-refractivity contribution is -0.121. The minimum absolute atomic E-state index is 0.273. The Balaban J connectivity index is 1.33. The summed E-state index contributed by atoms with van der Waals surface area (Å²) >= 11 is 0. The zero-order valence-corrected chi connectivity index (χ0v) is 20.1. The SMILES string of the molecule is CCCCC[C@H]1CC[C@H](CC[C@H]2CC[C@H](C3(OCCC)CCCCC3)CC2)CC1. The molecule has 0 heterocycles. The van der Waals surface area contributed by atoms with Crippen molar-refractivity contribution in [2.75, 3.05) is 6.61 Å². The summed E-state index contributed by atoms with van der Waals surface area (Å²) in [5, 5.41) is 0. The predicted octanol–water partition coefficient (Wildman–Crippen LogP) is 9.09. The average molecular weight is 405 g/mol. The van der Waals surface area contributed by atoms with Gasteiger partial charge in [-0.05, 0) is 55.8 Å². The van der Waals surface area contributed by atoms with Gasteiger partial charge in [-0.25, -0.2) is 0 Å². The van der Waals surface area contributed by atoms with Crippen molar-refractivity contribution in [2.24, 2.45) is 23.7 Å². The van der Waals surface area contributed by atoms with Gasteiger partial charge in [0.2, 0.25) is 0 Å². The Morgan fingerprint density at radius 2 is 1.17 bits per heavy atom. The quantitative estimate of drug-likeness (QED) is 0.312. The van der Waals surface area contributed by atoms with Gasteiger partial charge in [0.05, 0.1) is 5.60 Å². The fourth-order valence-corrected chi connectivity index (χ4v) is 7.07. The molecule has 0 aliphatic heterocycles. The van der Waals surface area contributed by atoms with E-state index in [0.717, 1.165) is 30.3 Å². The largest absolute Gasteiger partial charge is 0.375 e. The first-order valence-electron chi connectivity index (χ1n) is 13.9. The second-order valence-electron chi connectivity index (χ2n) is 11.2. The molecule has 0 bridgehead atoms. The molecule has 0 spiro atoms. The smallest absolute Gasteiger partial charge is 0.0710 e. The lowest BCUT2D eigenvalue weighted by Crippen LogP contribution is -2.44. The van der Waals surface area contributed by atoms with Crippen LogP contribution in [-0.4, -0.2) is 12.2 Å². The third kappa shape index (κ3) is 7.26. The fourth-order valence-electron chi connectivity index (χ4n) is 7.07. The van der Waals surface area contributed by atoms with Crippen LogP contribution in [0.5, 0.6) is 0 Å². The van der Waals surface area contributed by atoms with Crippen molar-refractivity contribution in [1.82, 2.24) is 0 Å². The van der Waals surface area contributed by atoms with Gasteiger partial charge in [-0.2, -0.15) is 0 Å². The highest BCUT2D eigenvalue weighted by Gasteiger charge is 2.42. The molecule has 0 atom stereocenters. The molecule has 0 saturated heterocycles. The van der Waals surface area contributed by atoms with E-state index in [4.69, 9.17) is 4.74 Å². The summed E-state index contributed by atoms with van der Waals surface area (Å²) in [4.78, 5) is 0. The monoisotopic (exact) mass is 404 g/mol. The van der Waals surface area contributed by atoms with Crippen LogP contribution >= 0.6 is 0 Å². The van der Waals surface area contributed by atoms with Crippen molar-refractivity contribution in [3.05, 3.63) is 0 Å². The highest BCUT2D eigenvalue weighted by molar-refractivity contribution is 4.93. The van der Waals surface area contributed by atoms with E-state index in [2.05, 4.69) is 13.8 Å².